The Kier molecular flexibility index (Phi) is 3.38. The zero-order chi connectivity index (χ0) is 14.2. The number of rotatable bonds is 3. The Morgan fingerprint density at radius 1 is 1.35 bits per heavy atom. The van der Waals surface area contributed by atoms with Gasteiger partial charge in [0.15, 0.2) is 0 Å². The third-order valence-corrected chi connectivity index (χ3v) is 4.30. The van der Waals surface area contributed by atoms with Crippen molar-refractivity contribution < 1.29 is 4.52 Å². The van der Waals surface area contributed by atoms with Crippen molar-refractivity contribution in [1.82, 2.24) is 10.5 Å². The van der Waals surface area contributed by atoms with E-state index in [1.165, 1.54) is 24.0 Å². The third-order valence-electron chi connectivity index (χ3n) is 4.30. The number of aryl methyl sites for hydroxylation is 2. The number of hydrogen-bond acceptors (Lipinski definition) is 3. The number of hydrogen-bond donors (Lipinski definition) is 1. The van der Waals surface area contributed by atoms with E-state index < -0.39 is 0 Å². The lowest BCUT2D eigenvalue weighted by atomic mass is 9.90. The second kappa shape index (κ2) is 5.06. The summed E-state index contributed by atoms with van der Waals surface area (Å²) in [5.74, 6) is 0.893. The minimum Gasteiger partial charge on any atom is -0.361 e. The van der Waals surface area contributed by atoms with Gasteiger partial charge in [0.1, 0.15) is 5.76 Å². The van der Waals surface area contributed by atoms with Gasteiger partial charge in [-0.2, -0.15) is 0 Å². The van der Waals surface area contributed by atoms with E-state index in [2.05, 4.69) is 41.7 Å². The second-order valence-electron chi connectivity index (χ2n) is 6.17. The molecule has 0 saturated carbocycles. The first-order valence-electron chi connectivity index (χ1n) is 7.35. The lowest BCUT2D eigenvalue weighted by Crippen LogP contribution is -2.38. The summed E-state index contributed by atoms with van der Waals surface area (Å²) in [4.78, 5) is 0. The fourth-order valence-corrected chi connectivity index (χ4v) is 3.29. The summed E-state index contributed by atoms with van der Waals surface area (Å²) >= 11 is 0. The molecule has 3 heteroatoms. The summed E-state index contributed by atoms with van der Waals surface area (Å²) in [6.45, 7) is 7.43. The van der Waals surface area contributed by atoms with Gasteiger partial charge in [-0.05, 0) is 57.7 Å². The maximum atomic E-state index is 5.28. The predicted molar refractivity (Wildman–Crippen MR) is 80.8 cm³/mol. The summed E-state index contributed by atoms with van der Waals surface area (Å²) in [7, 11) is 0. The van der Waals surface area contributed by atoms with Crippen molar-refractivity contribution in [3.63, 3.8) is 0 Å². The first kappa shape index (κ1) is 13.4. The van der Waals surface area contributed by atoms with Crippen LogP contribution in [0.1, 0.15) is 36.8 Å². The maximum Gasteiger partial charge on any atom is 0.141 e. The molecule has 106 valence electrons. The molecule has 1 aliphatic rings. The molecule has 2 aromatic rings. The fraction of sp³-hybridized carbons (Fsp3) is 0.471. The second-order valence-corrected chi connectivity index (χ2v) is 6.17. The van der Waals surface area contributed by atoms with Crippen LogP contribution in [0.5, 0.6) is 0 Å². The van der Waals surface area contributed by atoms with Crippen LogP contribution in [0.25, 0.3) is 11.1 Å². The monoisotopic (exact) mass is 270 g/mol. The highest BCUT2D eigenvalue weighted by Crippen LogP contribution is 2.29. The molecule has 1 aromatic carbocycles. The van der Waals surface area contributed by atoms with E-state index in [0.717, 1.165) is 30.0 Å². The van der Waals surface area contributed by atoms with Gasteiger partial charge in [-0.1, -0.05) is 29.4 Å². The van der Waals surface area contributed by atoms with E-state index >= 15 is 0 Å². The molecule has 1 saturated heterocycles. The molecule has 3 nitrogen and oxygen atoms in total. The lowest BCUT2D eigenvalue weighted by molar-refractivity contribution is 0.393. The SMILES string of the molecule is Cc1noc(C)c1-c1cccc(CC2(C)CCCN2)c1. The lowest BCUT2D eigenvalue weighted by Gasteiger charge is -2.24. The zero-order valence-corrected chi connectivity index (χ0v) is 12.5. The van der Waals surface area contributed by atoms with Crippen LogP contribution in [0.15, 0.2) is 28.8 Å². The van der Waals surface area contributed by atoms with E-state index in [-0.39, 0.29) is 5.54 Å². The quantitative estimate of drug-likeness (QED) is 0.925. The molecule has 0 radical (unpaired) electrons. The Bertz CT molecular complexity index is 590. The van der Waals surface area contributed by atoms with Gasteiger partial charge in [0.2, 0.25) is 0 Å². The van der Waals surface area contributed by atoms with Gasteiger partial charge in [0.05, 0.1) is 5.69 Å². The van der Waals surface area contributed by atoms with Crippen LogP contribution in [0.2, 0.25) is 0 Å². The molecule has 1 unspecified atom stereocenters. The van der Waals surface area contributed by atoms with E-state index in [1.807, 2.05) is 13.8 Å². The smallest absolute Gasteiger partial charge is 0.141 e. The minimum atomic E-state index is 0.247. The highest BCUT2D eigenvalue weighted by Gasteiger charge is 2.28. The first-order valence-corrected chi connectivity index (χ1v) is 7.35. The Morgan fingerprint density at radius 3 is 2.85 bits per heavy atom. The van der Waals surface area contributed by atoms with Gasteiger partial charge >= 0.3 is 0 Å². The van der Waals surface area contributed by atoms with E-state index in [1.54, 1.807) is 0 Å². The van der Waals surface area contributed by atoms with Crippen molar-refractivity contribution in [2.75, 3.05) is 6.54 Å². The van der Waals surface area contributed by atoms with E-state index in [4.69, 9.17) is 4.52 Å². The van der Waals surface area contributed by atoms with E-state index in [9.17, 15) is 0 Å². The van der Waals surface area contributed by atoms with E-state index in [0.29, 0.717) is 0 Å². The largest absolute Gasteiger partial charge is 0.361 e. The Hall–Kier alpha value is -1.61. The van der Waals surface area contributed by atoms with Crippen LogP contribution in [0.3, 0.4) is 0 Å². The van der Waals surface area contributed by atoms with Gasteiger partial charge in [0, 0.05) is 11.1 Å². The van der Waals surface area contributed by atoms with Crippen molar-refractivity contribution in [2.45, 2.75) is 45.6 Å². The van der Waals surface area contributed by atoms with Gasteiger partial charge < -0.3 is 9.84 Å². The average molecular weight is 270 g/mol. The molecular weight excluding hydrogens is 248 g/mol. The van der Waals surface area contributed by atoms with Gasteiger partial charge in [-0.3, -0.25) is 0 Å². The maximum absolute atomic E-state index is 5.28. The molecular formula is C17H22N2O. The average Bonchev–Trinajstić information content (AvgIpc) is 2.97. The molecule has 1 aromatic heterocycles. The van der Waals surface area contributed by atoms with Crippen LogP contribution in [-0.2, 0) is 6.42 Å². The summed E-state index contributed by atoms with van der Waals surface area (Å²) in [5.41, 5.74) is 4.93. The Morgan fingerprint density at radius 2 is 2.20 bits per heavy atom. The Labute approximate surface area is 120 Å². The van der Waals surface area contributed by atoms with Crippen LogP contribution in [-0.4, -0.2) is 17.2 Å². The van der Waals surface area contributed by atoms with Crippen LogP contribution >= 0.6 is 0 Å². The van der Waals surface area contributed by atoms with Crippen molar-refractivity contribution in [2.24, 2.45) is 0 Å². The standard InChI is InChI=1S/C17H22N2O/c1-12-16(13(2)20-19-12)15-7-4-6-14(10-15)11-17(3)8-5-9-18-17/h4,6-7,10,18H,5,8-9,11H2,1-3H3. The first-order chi connectivity index (χ1) is 9.57. The van der Waals surface area contributed by atoms with Gasteiger partial charge in [-0.15, -0.1) is 0 Å². The number of nitrogens with one attached hydrogen (secondary N) is 1. The van der Waals surface area contributed by atoms with Crippen molar-refractivity contribution in [1.29, 1.82) is 0 Å². The number of aromatic nitrogens is 1. The van der Waals surface area contributed by atoms with Crippen LogP contribution in [0.4, 0.5) is 0 Å². The van der Waals surface area contributed by atoms with Crippen molar-refractivity contribution in [3.05, 3.63) is 41.3 Å². The van der Waals surface area contributed by atoms with Crippen LogP contribution in [0, 0.1) is 13.8 Å². The number of benzene rings is 1. The number of nitrogens with zero attached hydrogens (tertiary/aromatic N) is 1. The predicted octanol–water partition coefficient (Wildman–Crippen LogP) is 3.64. The van der Waals surface area contributed by atoms with Gasteiger partial charge in [0.25, 0.3) is 0 Å². The van der Waals surface area contributed by atoms with Crippen molar-refractivity contribution in [3.8, 4) is 11.1 Å². The third kappa shape index (κ3) is 2.50. The highest BCUT2D eigenvalue weighted by atomic mass is 16.5. The molecule has 1 aliphatic heterocycles. The Balaban J connectivity index is 1.90. The normalized spacial score (nSPS) is 22.4. The van der Waals surface area contributed by atoms with Crippen molar-refractivity contribution >= 4 is 0 Å². The summed E-state index contributed by atoms with van der Waals surface area (Å²) in [5, 5.41) is 7.68. The zero-order valence-electron chi connectivity index (χ0n) is 12.5. The van der Waals surface area contributed by atoms with Crippen LogP contribution < -0.4 is 5.32 Å². The topological polar surface area (TPSA) is 38.1 Å². The molecule has 0 amide bonds. The summed E-state index contributed by atoms with van der Waals surface area (Å²) < 4.78 is 5.28. The molecule has 3 rings (SSSR count). The molecule has 0 spiro atoms. The van der Waals surface area contributed by atoms with Gasteiger partial charge in [-0.25, -0.2) is 0 Å². The molecule has 0 aliphatic carbocycles. The summed E-state index contributed by atoms with van der Waals surface area (Å²) in [6, 6.07) is 8.76. The highest BCUT2D eigenvalue weighted by molar-refractivity contribution is 5.68. The molecule has 1 atom stereocenters. The molecule has 1 N–H and O–H groups in total. The fourth-order valence-electron chi connectivity index (χ4n) is 3.29. The molecule has 2 heterocycles. The molecule has 20 heavy (non-hydrogen) atoms. The summed E-state index contributed by atoms with van der Waals surface area (Å²) in [6.07, 6.45) is 3.60. The molecule has 1 fully saturated rings. The molecule has 0 bridgehead atoms. The minimum absolute atomic E-state index is 0.247.